The second-order valence-corrected chi connectivity index (χ2v) is 8.57. The third-order valence-electron chi connectivity index (χ3n) is 4.22. The number of para-hydroxylation sites is 1. The molecule has 2 N–H and O–H groups in total. The molecule has 3 rings (SSSR count). The SMILES string of the molecule is CC(C)CNC(=O)Nc1ccc(S(=O)(=O)N2CCc3ccccc32)cc1. The Morgan fingerprint density at radius 2 is 1.81 bits per heavy atom. The van der Waals surface area contributed by atoms with Crippen LogP contribution in [0, 0.1) is 5.92 Å². The van der Waals surface area contributed by atoms with Gasteiger partial charge in [-0.25, -0.2) is 13.2 Å². The van der Waals surface area contributed by atoms with Gasteiger partial charge in [0.05, 0.1) is 10.6 Å². The summed E-state index contributed by atoms with van der Waals surface area (Å²) in [5, 5.41) is 5.46. The molecule has 0 radical (unpaired) electrons. The number of nitrogens with one attached hydrogen (secondary N) is 2. The number of benzene rings is 2. The van der Waals surface area contributed by atoms with Crippen LogP contribution in [0.2, 0.25) is 0 Å². The lowest BCUT2D eigenvalue weighted by Gasteiger charge is -2.19. The second-order valence-electron chi connectivity index (χ2n) is 6.71. The van der Waals surface area contributed by atoms with Gasteiger partial charge in [-0.2, -0.15) is 0 Å². The molecule has 138 valence electrons. The molecule has 2 aromatic carbocycles. The third kappa shape index (κ3) is 3.83. The van der Waals surface area contributed by atoms with Crippen molar-refractivity contribution in [3.8, 4) is 0 Å². The van der Waals surface area contributed by atoms with E-state index in [0.29, 0.717) is 31.1 Å². The molecule has 0 fully saturated rings. The average molecular weight is 373 g/mol. The molecule has 1 aliphatic rings. The van der Waals surface area contributed by atoms with Crippen molar-refractivity contribution in [2.24, 2.45) is 5.92 Å². The lowest BCUT2D eigenvalue weighted by atomic mass is 10.2. The summed E-state index contributed by atoms with van der Waals surface area (Å²) < 4.78 is 27.3. The number of carbonyl (C=O) groups is 1. The highest BCUT2D eigenvalue weighted by Crippen LogP contribution is 2.32. The van der Waals surface area contributed by atoms with E-state index < -0.39 is 10.0 Å². The van der Waals surface area contributed by atoms with E-state index >= 15 is 0 Å². The summed E-state index contributed by atoms with van der Waals surface area (Å²) in [5.74, 6) is 0.358. The van der Waals surface area contributed by atoms with Crippen LogP contribution in [0.15, 0.2) is 53.4 Å². The Balaban J connectivity index is 1.73. The standard InChI is InChI=1S/C19H23N3O3S/c1-14(2)13-20-19(23)21-16-7-9-17(10-8-16)26(24,25)22-12-11-15-5-3-4-6-18(15)22/h3-10,14H,11-13H2,1-2H3,(H2,20,21,23). The van der Waals surface area contributed by atoms with E-state index in [1.165, 1.54) is 16.4 Å². The van der Waals surface area contributed by atoms with Crippen molar-refractivity contribution >= 4 is 27.4 Å². The summed E-state index contributed by atoms with van der Waals surface area (Å²) in [4.78, 5) is 12.0. The Kier molecular flexibility index (Phi) is 5.18. The van der Waals surface area contributed by atoms with Crippen LogP contribution in [0.3, 0.4) is 0 Å². The molecule has 0 atom stereocenters. The third-order valence-corrected chi connectivity index (χ3v) is 6.04. The van der Waals surface area contributed by atoms with Crippen molar-refractivity contribution in [1.82, 2.24) is 5.32 Å². The minimum atomic E-state index is -3.61. The van der Waals surface area contributed by atoms with Crippen LogP contribution in [0.5, 0.6) is 0 Å². The number of hydrogen-bond donors (Lipinski definition) is 2. The molecular weight excluding hydrogens is 350 g/mol. The summed E-state index contributed by atoms with van der Waals surface area (Å²) in [7, 11) is -3.61. The van der Waals surface area contributed by atoms with Crippen LogP contribution < -0.4 is 14.9 Å². The molecule has 0 spiro atoms. The first-order chi connectivity index (χ1) is 12.4. The van der Waals surface area contributed by atoms with E-state index in [0.717, 1.165) is 11.3 Å². The number of nitrogens with zero attached hydrogens (tertiary/aromatic N) is 1. The highest BCUT2D eigenvalue weighted by molar-refractivity contribution is 7.92. The highest BCUT2D eigenvalue weighted by atomic mass is 32.2. The first-order valence-electron chi connectivity index (χ1n) is 8.63. The Bertz CT molecular complexity index is 893. The Morgan fingerprint density at radius 3 is 2.50 bits per heavy atom. The molecule has 0 aliphatic carbocycles. The van der Waals surface area contributed by atoms with Crippen molar-refractivity contribution < 1.29 is 13.2 Å². The number of urea groups is 1. The predicted molar refractivity (Wildman–Crippen MR) is 103 cm³/mol. The van der Waals surface area contributed by atoms with E-state index in [2.05, 4.69) is 10.6 Å². The van der Waals surface area contributed by atoms with E-state index in [-0.39, 0.29) is 10.9 Å². The van der Waals surface area contributed by atoms with Crippen LogP contribution in [0.25, 0.3) is 0 Å². The van der Waals surface area contributed by atoms with Gasteiger partial charge in [-0.1, -0.05) is 32.0 Å². The van der Waals surface area contributed by atoms with Crippen molar-refractivity contribution in [2.75, 3.05) is 22.7 Å². The van der Waals surface area contributed by atoms with E-state index in [1.807, 2.05) is 38.1 Å². The van der Waals surface area contributed by atoms with Crippen molar-refractivity contribution in [3.05, 3.63) is 54.1 Å². The summed E-state index contributed by atoms with van der Waals surface area (Å²) >= 11 is 0. The second kappa shape index (κ2) is 7.37. The normalized spacial score (nSPS) is 13.6. The molecule has 0 saturated carbocycles. The molecule has 26 heavy (non-hydrogen) atoms. The number of anilines is 2. The fraction of sp³-hybridized carbons (Fsp3) is 0.316. The van der Waals surface area contributed by atoms with Crippen LogP contribution in [0.4, 0.5) is 16.2 Å². The zero-order chi connectivity index (χ0) is 18.7. The van der Waals surface area contributed by atoms with Gasteiger partial charge in [-0.3, -0.25) is 4.31 Å². The zero-order valence-corrected chi connectivity index (χ0v) is 15.7. The van der Waals surface area contributed by atoms with Gasteiger partial charge in [0.2, 0.25) is 0 Å². The van der Waals surface area contributed by atoms with Gasteiger partial charge >= 0.3 is 6.03 Å². The molecule has 0 aromatic heterocycles. The van der Waals surface area contributed by atoms with E-state index in [9.17, 15) is 13.2 Å². The largest absolute Gasteiger partial charge is 0.338 e. The molecular formula is C19H23N3O3S. The van der Waals surface area contributed by atoms with Gasteiger partial charge in [-0.15, -0.1) is 0 Å². The molecule has 2 amide bonds. The molecule has 2 aromatic rings. The van der Waals surface area contributed by atoms with Crippen LogP contribution in [-0.2, 0) is 16.4 Å². The monoisotopic (exact) mass is 373 g/mol. The maximum absolute atomic E-state index is 12.9. The molecule has 0 bridgehead atoms. The van der Waals surface area contributed by atoms with Crippen LogP contribution in [0.1, 0.15) is 19.4 Å². The van der Waals surface area contributed by atoms with Gasteiger partial charge in [-0.05, 0) is 48.2 Å². The fourth-order valence-electron chi connectivity index (χ4n) is 2.87. The first-order valence-corrected chi connectivity index (χ1v) is 10.1. The topological polar surface area (TPSA) is 78.5 Å². The average Bonchev–Trinajstić information content (AvgIpc) is 3.05. The first kappa shape index (κ1) is 18.3. The van der Waals surface area contributed by atoms with E-state index in [1.54, 1.807) is 12.1 Å². The van der Waals surface area contributed by atoms with Crippen LogP contribution >= 0.6 is 0 Å². The molecule has 7 heteroatoms. The minimum absolute atomic E-state index is 0.211. The van der Waals surface area contributed by atoms with Crippen molar-refractivity contribution in [2.45, 2.75) is 25.2 Å². The number of amides is 2. The van der Waals surface area contributed by atoms with E-state index in [4.69, 9.17) is 0 Å². The lowest BCUT2D eigenvalue weighted by Crippen LogP contribution is -2.31. The Morgan fingerprint density at radius 1 is 1.12 bits per heavy atom. The zero-order valence-electron chi connectivity index (χ0n) is 14.9. The number of carbonyl (C=O) groups excluding carboxylic acids is 1. The summed E-state index contributed by atoms with van der Waals surface area (Å²) in [6, 6.07) is 13.5. The number of fused-ring (bicyclic) bond motifs is 1. The number of hydrogen-bond acceptors (Lipinski definition) is 3. The van der Waals surface area contributed by atoms with Gasteiger partial charge in [0.1, 0.15) is 0 Å². The molecule has 0 saturated heterocycles. The fourth-order valence-corrected chi connectivity index (χ4v) is 4.37. The lowest BCUT2D eigenvalue weighted by molar-refractivity contribution is 0.251. The van der Waals surface area contributed by atoms with Crippen LogP contribution in [-0.4, -0.2) is 27.5 Å². The van der Waals surface area contributed by atoms with Gasteiger partial charge in [0, 0.05) is 18.8 Å². The highest BCUT2D eigenvalue weighted by Gasteiger charge is 2.30. The summed E-state index contributed by atoms with van der Waals surface area (Å²) in [6.45, 7) is 5.04. The summed E-state index contributed by atoms with van der Waals surface area (Å²) in [5.41, 5.74) is 2.32. The van der Waals surface area contributed by atoms with Gasteiger partial charge in [0.25, 0.3) is 10.0 Å². The maximum atomic E-state index is 12.9. The Hall–Kier alpha value is -2.54. The van der Waals surface area contributed by atoms with Gasteiger partial charge in [0.15, 0.2) is 0 Å². The smallest absolute Gasteiger partial charge is 0.319 e. The minimum Gasteiger partial charge on any atom is -0.338 e. The van der Waals surface area contributed by atoms with Crippen molar-refractivity contribution in [3.63, 3.8) is 0 Å². The molecule has 1 heterocycles. The van der Waals surface area contributed by atoms with Gasteiger partial charge < -0.3 is 10.6 Å². The quantitative estimate of drug-likeness (QED) is 0.845. The number of rotatable bonds is 5. The van der Waals surface area contributed by atoms with Crippen molar-refractivity contribution in [1.29, 1.82) is 0 Å². The Labute approximate surface area is 154 Å². The molecule has 6 nitrogen and oxygen atoms in total. The number of sulfonamides is 1. The predicted octanol–water partition coefficient (Wildman–Crippen LogP) is 3.22. The molecule has 0 unspecified atom stereocenters. The maximum Gasteiger partial charge on any atom is 0.319 e. The molecule has 1 aliphatic heterocycles. The summed E-state index contributed by atoms with van der Waals surface area (Å²) in [6.07, 6.45) is 0.713.